The maximum absolute atomic E-state index is 4.86. The van der Waals surface area contributed by atoms with Crippen LogP contribution < -0.4 is 10.2 Å². The zero-order valence-electron chi connectivity index (χ0n) is 13.5. The summed E-state index contributed by atoms with van der Waals surface area (Å²) in [6.07, 6.45) is 2.61. The summed E-state index contributed by atoms with van der Waals surface area (Å²) in [7, 11) is 1.99. The van der Waals surface area contributed by atoms with Gasteiger partial charge in [0.1, 0.15) is 0 Å². The van der Waals surface area contributed by atoms with Gasteiger partial charge >= 0.3 is 0 Å². The zero-order chi connectivity index (χ0) is 15.0. The van der Waals surface area contributed by atoms with Crippen LogP contribution in [0, 0.1) is 0 Å². The van der Waals surface area contributed by atoms with Crippen molar-refractivity contribution < 1.29 is 0 Å². The number of nitrogens with one attached hydrogen (secondary N) is 1. The lowest BCUT2D eigenvalue weighted by Crippen LogP contribution is -2.17. The third-order valence-corrected chi connectivity index (χ3v) is 4.30. The number of benzene rings is 1. The number of hydrogen-bond donors (Lipinski definition) is 1. The van der Waals surface area contributed by atoms with E-state index in [9.17, 15) is 0 Å². The molecule has 112 valence electrons. The quantitative estimate of drug-likeness (QED) is 0.896. The third-order valence-electron chi connectivity index (χ3n) is 4.30. The summed E-state index contributed by atoms with van der Waals surface area (Å²) >= 11 is 0. The van der Waals surface area contributed by atoms with Gasteiger partial charge in [-0.3, -0.25) is 4.98 Å². The van der Waals surface area contributed by atoms with Crippen LogP contribution >= 0.6 is 0 Å². The Kier molecular flexibility index (Phi) is 3.52. The Labute approximate surface area is 127 Å². The van der Waals surface area contributed by atoms with Gasteiger partial charge in [-0.15, -0.1) is 0 Å². The first-order valence-corrected chi connectivity index (χ1v) is 7.87. The van der Waals surface area contributed by atoms with Gasteiger partial charge in [-0.1, -0.05) is 20.8 Å². The van der Waals surface area contributed by atoms with Gasteiger partial charge in [-0.2, -0.15) is 0 Å². The van der Waals surface area contributed by atoms with E-state index in [1.807, 2.05) is 7.05 Å². The number of anilines is 2. The van der Waals surface area contributed by atoms with Crippen LogP contribution in [0.25, 0.3) is 10.9 Å². The molecule has 3 nitrogen and oxygen atoms in total. The highest BCUT2D eigenvalue weighted by Gasteiger charge is 2.19. The molecule has 0 saturated carbocycles. The number of nitrogens with zero attached hydrogens (tertiary/aromatic N) is 2. The smallest absolute Gasteiger partial charge is 0.0727 e. The molecule has 21 heavy (non-hydrogen) atoms. The molecule has 1 aliphatic heterocycles. The molecule has 3 heteroatoms. The van der Waals surface area contributed by atoms with Crippen molar-refractivity contribution in [2.75, 3.05) is 30.4 Å². The van der Waals surface area contributed by atoms with Gasteiger partial charge in [0.2, 0.25) is 0 Å². The Morgan fingerprint density at radius 3 is 2.43 bits per heavy atom. The van der Waals surface area contributed by atoms with Gasteiger partial charge in [0, 0.05) is 48.0 Å². The molecule has 2 heterocycles. The fraction of sp³-hybridized carbons (Fsp3) is 0.500. The molecule has 1 fully saturated rings. The molecule has 0 unspecified atom stereocenters. The van der Waals surface area contributed by atoms with E-state index < -0.39 is 0 Å². The van der Waals surface area contributed by atoms with Crippen molar-refractivity contribution in [2.24, 2.45) is 0 Å². The minimum Gasteiger partial charge on any atom is -0.388 e. The molecular formula is C18H25N3. The van der Waals surface area contributed by atoms with E-state index in [-0.39, 0.29) is 5.41 Å². The van der Waals surface area contributed by atoms with Crippen LogP contribution in [-0.2, 0) is 5.41 Å². The molecule has 1 aliphatic rings. The van der Waals surface area contributed by atoms with Crippen LogP contribution in [0.2, 0.25) is 0 Å². The number of rotatable bonds is 2. The predicted octanol–water partition coefficient (Wildman–Crippen LogP) is 4.17. The van der Waals surface area contributed by atoms with Gasteiger partial charge < -0.3 is 10.2 Å². The second-order valence-electron chi connectivity index (χ2n) is 6.95. The zero-order valence-corrected chi connectivity index (χ0v) is 13.5. The molecule has 1 aromatic heterocycles. The molecule has 1 saturated heterocycles. The average Bonchev–Trinajstić information content (AvgIpc) is 2.98. The monoisotopic (exact) mass is 283 g/mol. The molecule has 0 spiro atoms. The van der Waals surface area contributed by atoms with Crippen LogP contribution in [-0.4, -0.2) is 25.1 Å². The third kappa shape index (κ3) is 2.69. The Balaban J connectivity index is 2.12. The number of aromatic nitrogens is 1. The highest BCUT2D eigenvalue weighted by atomic mass is 15.1. The maximum Gasteiger partial charge on any atom is 0.0727 e. The van der Waals surface area contributed by atoms with Crippen molar-refractivity contribution in [3.8, 4) is 0 Å². The first-order chi connectivity index (χ1) is 9.99. The van der Waals surface area contributed by atoms with Crippen LogP contribution in [0.3, 0.4) is 0 Å². The predicted molar refractivity (Wildman–Crippen MR) is 91.4 cm³/mol. The molecule has 0 radical (unpaired) electrons. The van der Waals surface area contributed by atoms with E-state index in [0.29, 0.717) is 0 Å². The van der Waals surface area contributed by atoms with Crippen molar-refractivity contribution in [3.63, 3.8) is 0 Å². The maximum atomic E-state index is 4.86. The van der Waals surface area contributed by atoms with Gasteiger partial charge in [0.25, 0.3) is 0 Å². The summed E-state index contributed by atoms with van der Waals surface area (Å²) in [6, 6.07) is 8.85. The minimum atomic E-state index is 0.0629. The van der Waals surface area contributed by atoms with E-state index in [1.165, 1.54) is 42.7 Å². The Bertz CT molecular complexity index is 649. The van der Waals surface area contributed by atoms with Crippen molar-refractivity contribution in [3.05, 3.63) is 30.0 Å². The first-order valence-electron chi connectivity index (χ1n) is 7.87. The Morgan fingerprint density at radius 1 is 1.10 bits per heavy atom. The van der Waals surface area contributed by atoms with Crippen molar-refractivity contribution >= 4 is 22.3 Å². The van der Waals surface area contributed by atoms with Crippen molar-refractivity contribution in [1.29, 1.82) is 0 Å². The average molecular weight is 283 g/mol. The van der Waals surface area contributed by atoms with E-state index in [2.05, 4.69) is 55.3 Å². The molecule has 3 rings (SSSR count). The van der Waals surface area contributed by atoms with Gasteiger partial charge in [-0.05, 0) is 37.1 Å². The summed E-state index contributed by atoms with van der Waals surface area (Å²) in [4.78, 5) is 7.33. The van der Waals surface area contributed by atoms with Gasteiger partial charge in [-0.25, -0.2) is 0 Å². The lowest BCUT2D eigenvalue weighted by atomic mass is 9.90. The second kappa shape index (κ2) is 5.21. The summed E-state index contributed by atoms with van der Waals surface area (Å²) in [5.41, 5.74) is 4.77. The van der Waals surface area contributed by atoms with Gasteiger partial charge in [0.05, 0.1) is 5.52 Å². The Hall–Kier alpha value is -1.77. The second-order valence-corrected chi connectivity index (χ2v) is 6.95. The molecule has 2 aromatic rings. The van der Waals surface area contributed by atoms with E-state index in [0.717, 1.165) is 11.2 Å². The minimum absolute atomic E-state index is 0.0629. The van der Waals surface area contributed by atoms with Gasteiger partial charge in [0.15, 0.2) is 0 Å². The van der Waals surface area contributed by atoms with E-state index in [1.54, 1.807) is 0 Å². The molecule has 0 aliphatic carbocycles. The van der Waals surface area contributed by atoms with Crippen molar-refractivity contribution in [1.82, 2.24) is 4.98 Å². The summed E-state index contributed by atoms with van der Waals surface area (Å²) in [5, 5.41) is 4.56. The lowest BCUT2D eigenvalue weighted by molar-refractivity contribution is 0.572. The summed E-state index contributed by atoms with van der Waals surface area (Å²) < 4.78 is 0. The number of fused-ring (bicyclic) bond motifs is 1. The van der Waals surface area contributed by atoms with E-state index >= 15 is 0 Å². The number of hydrogen-bond acceptors (Lipinski definition) is 3. The van der Waals surface area contributed by atoms with Crippen LogP contribution in [0.15, 0.2) is 24.3 Å². The lowest BCUT2D eigenvalue weighted by Gasteiger charge is -2.22. The molecule has 0 bridgehead atoms. The van der Waals surface area contributed by atoms with Crippen LogP contribution in [0.5, 0.6) is 0 Å². The molecule has 0 atom stereocenters. The van der Waals surface area contributed by atoms with Crippen LogP contribution in [0.1, 0.15) is 39.3 Å². The SMILES string of the molecule is CNc1cc(C(C)(C)C)nc2ccc(N3CCCC3)cc12. The Morgan fingerprint density at radius 2 is 1.81 bits per heavy atom. The van der Waals surface area contributed by atoms with Crippen LogP contribution in [0.4, 0.5) is 11.4 Å². The standard InChI is InChI=1S/C18H25N3/c1-18(2,3)17-12-16(19-4)14-11-13(7-8-15(14)20-17)21-9-5-6-10-21/h7-8,11-12H,5-6,9-10H2,1-4H3,(H,19,20). The number of pyridine rings is 1. The van der Waals surface area contributed by atoms with Crippen molar-refractivity contribution in [2.45, 2.75) is 39.0 Å². The first kappa shape index (κ1) is 14.2. The highest BCUT2D eigenvalue weighted by Crippen LogP contribution is 2.32. The molecular weight excluding hydrogens is 258 g/mol. The molecule has 1 N–H and O–H groups in total. The topological polar surface area (TPSA) is 28.2 Å². The highest BCUT2D eigenvalue weighted by molar-refractivity contribution is 5.94. The fourth-order valence-electron chi connectivity index (χ4n) is 2.98. The largest absolute Gasteiger partial charge is 0.388 e. The fourth-order valence-corrected chi connectivity index (χ4v) is 2.98. The summed E-state index contributed by atoms with van der Waals surface area (Å²) in [6.45, 7) is 8.97. The molecule has 1 aromatic carbocycles. The molecule has 0 amide bonds. The summed E-state index contributed by atoms with van der Waals surface area (Å²) in [5.74, 6) is 0. The normalized spacial score (nSPS) is 15.7. The van der Waals surface area contributed by atoms with E-state index in [4.69, 9.17) is 4.98 Å².